The van der Waals surface area contributed by atoms with Crippen LogP contribution in [0, 0.1) is 6.92 Å². The lowest BCUT2D eigenvalue weighted by Crippen LogP contribution is -2.38. The third-order valence-corrected chi connectivity index (χ3v) is 4.78. The van der Waals surface area contributed by atoms with Crippen LogP contribution >= 0.6 is 27.7 Å². The number of halogens is 1. The standard InChI is InChI=1S/C15H18BrN3S/c1-11-4-2-3-5-15(11)20-10-14(19-17)7-12-6-13(16)9-18-8-12/h2-6,8-9,14,19H,7,10,17H2,1H3. The lowest BCUT2D eigenvalue weighted by molar-refractivity contribution is 0.574. The van der Waals surface area contributed by atoms with Gasteiger partial charge in [0.2, 0.25) is 0 Å². The van der Waals surface area contributed by atoms with Gasteiger partial charge in [0.25, 0.3) is 0 Å². The van der Waals surface area contributed by atoms with E-state index < -0.39 is 0 Å². The van der Waals surface area contributed by atoms with Crippen LogP contribution in [0.15, 0.2) is 52.1 Å². The van der Waals surface area contributed by atoms with Gasteiger partial charge in [-0.05, 0) is 52.5 Å². The molecule has 5 heteroatoms. The van der Waals surface area contributed by atoms with Crippen molar-refractivity contribution in [1.82, 2.24) is 10.4 Å². The Morgan fingerprint density at radius 2 is 2.15 bits per heavy atom. The molecule has 0 radical (unpaired) electrons. The molecule has 1 heterocycles. The second-order valence-electron chi connectivity index (χ2n) is 4.66. The average Bonchev–Trinajstić information content (AvgIpc) is 2.45. The van der Waals surface area contributed by atoms with Gasteiger partial charge in [-0.3, -0.25) is 16.3 Å². The molecule has 106 valence electrons. The maximum atomic E-state index is 5.67. The number of hydrogen-bond donors (Lipinski definition) is 2. The van der Waals surface area contributed by atoms with E-state index in [1.54, 1.807) is 6.20 Å². The van der Waals surface area contributed by atoms with E-state index in [-0.39, 0.29) is 6.04 Å². The molecule has 3 N–H and O–H groups in total. The Hall–Kier alpha value is -0.880. The summed E-state index contributed by atoms with van der Waals surface area (Å²) in [5.41, 5.74) is 5.37. The molecule has 0 fully saturated rings. The molecule has 0 aliphatic carbocycles. The Morgan fingerprint density at radius 1 is 1.35 bits per heavy atom. The first-order chi connectivity index (χ1) is 9.69. The van der Waals surface area contributed by atoms with Crippen LogP contribution < -0.4 is 11.3 Å². The van der Waals surface area contributed by atoms with Crippen molar-refractivity contribution in [3.8, 4) is 0 Å². The van der Waals surface area contributed by atoms with Crippen LogP contribution in [0.25, 0.3) is 0 Å². The fraction of sp³-hybridized carbons (Fsp3) is 0.267. The molecule has 0 saturated carbocycles. The molecule has 1 atom stereocenters. The van der Waals surface area contributed by atoms with Crippen LogP contribution in [0.5, 0.6) is 0 Å². The summed E-state index contributed by atoms with van der Waals surface area (Å²) in [6.45, 7) is 2.13. The molecule has 0 bridgehead atoms. The highest BCUT2D eigenvalue weighted by Gasteiger charge is 2.10. The molecule has 2 aromatic rings. The minimum atomic E-state index is 0.218. The SMILES string of the molecule is Cc1ccccc1SCC(Cc1cncc(Br)c1)NN. The number of benzene rings is 1. The zero-order chi connectivity index (χ0) is 14.4. The van der Waals surface area contributed by atoms with Crippen molar-refractivity contribution in [3.63, 3.8) is 0 Å². The summed E-state index contributed by atoms with van der Waals surface area (Å²) in [7, 11) is 0. The van der Waals surface area contributed by atoms with E-state index in [4.69, 9.17) is 5.84 Å². The van der Waals surface area contributed by atoms with Crippen molar-refractivity contribution >= 4 is 27.7 Å². The topological polar surface area (TPSA) is 50.9 Å². The zero-order valence-electron chi connectivity index (χ0n) is 11.3. The van der Waals surface area contributed by atoms with E-state index in [0.717, 1.165) is 16.6 Å². The van der Waals surface area contributed by atoms with Gasteiger partial charge in [-0.2, -0.15) is 0 Å². The summed E-state index contributed by atoms with van der Waals surface area (Å²) < 4.78 is 0.998. The van der Waals surface area contributed by atoms with Crippen LogP contribution in [0.3, 0.4) is 0 Å². The number of thioether (sulfide) groups is 1. The quantitative estimate of drug-likeness (QED) is 0.476. The van der Waals surface area contributed by atoms with Gasteiger partial charge in [-0.25, -0.2) is 0 Å². The second-order valence-corrected chi connectivity index (χ2v) is 6.63. The first-order valence-electron chi connectivity index (χ1n) is 6.43. The minimum absolute atomic E-state index is 0.218. The number of nitrogens with one attached hydrogen (secondary N) is 1. The van der Waals surface area contributed by atoms with Gasteiger partial charge in [0, 0.05) is 33.6 Å². The molecule has 20 heavy (non-hydrogen) atoms. The van der Waals surface area contributed by atoms with E-state index in [1.165, 1.54) is 16.0 Å². The van der Waals surface area contributed by atoms with Crippen LogP contribution in [0.4, 0.5) is 0 Å². The highest BCUT2D eigenvalue weighted by molar-refractivity contribution is 9.10. The Kier molecular flexibility index (Phi) is 6.04. The predicted molar refractivity (Wildman–Crippen MR) is 88.7 cm³/mol. The molecule has 0 aliphatic rings. The highest BCUT2D eigenvalue weighted by atomic mass is 79.9. The molecule has 0 aliphatic heterocycles. The van der Waals surface area contributed by atoms with Crippen LogP contribution in [-0.4, -0.2) is 16.8 Å². The second kappa shape index (κ2) is 7.78. The molecular weight excluding hydrogens is 334 g/mol. The third-order valence-electron chi connectivity index (χ3n) is 3.01. The number of hydrogen-bond acceptors (Lipinski definition) is 4. The van der Waals surface area contributed by atoms with Crippen molar-refractivity contribution in [1.29, 1.82) is 0 Å². The minimum Gasteiger partial charge on any atom is -0.271 e. The van der Waals surface area contributed by atoms with E-state index in [1.807, 2.05) is 18.0 Å². The van der Waals surface area contributed by atoms with Crippen LogP contribution in [0.2, 0.25) is 0 Å². The van der Waals surface area contributed by atoms with Gasteiger partial charge in [-0.1, -0.05) is 18.2 Å². The van der Waals surface area contributed by atoms with Gasteiger partial charge < -0.3 is 0 Å². The fourth-order valence-corrected chi connectivity index (χ4v) is 3.40. The summed E-state index contributed by atoms with van der Waals surface area (Å²) in [6, 6.07) is 10.7. The summed E-state index contributed by atoms with van der Waals surface area (Å²) >= 11 is 5.27. The van der Waals surface area contributed by atoms with Crippen LogP contribution in [0.1, 0.15) is 11.1 Å². The number of nitrogens with two attached hydrogens (primary N) is 1. The van der Waals surface area contributed by atoms with Gasteiger partial charge in [0.05, 0.1) is 0 Å². The van der Waals surface area contributed by atoms with Gasteiger partial charge >= 0.3 is 0 Å². The largest absolute Gasteiger partial charge is 0.271 e. The number of hydrazine groups is 1. The van der Waals surface area contributed by atoms with Gasteiger partial charge in [-0.15, -0.1) is 11.8 Å². The van der Waals surface area contributed by atoms with E-state index in [2.05, 4.69) is 63.6 Å². The Balaban J connectivity index is 1.94. The first kappa shape index (κ1) is 15.5. The first-order valence-corrected chi connectivity index (χ1v) is 8.21. The molecule has 1 aromatic heterocycles. The molecule has 3 nitrogen and oxygen atoms in total. The third kappa shape index (κ3) is 4.59. The average molecular weight is 352 g/mol. The van der Waals surface area contributed by atoms with Crippen molar-refractivity contribution in [2.45, 2.75) is 24.3 Å². The Labute approximate surface area is 132 Å². The number of aromatic nitrogens is 1. The summed E-state index contributed by atoms with van der Waals surface area (Å²) in [5, 5.41) is 0. The molecule has 1 unspecified atom stereocenters. The number of nitrogens with zero attached hydrogens (tertiary/aromatic N) is 1. The highest BCUT2D eigenvalue weighted by Crippen LogP contribution is 2.23. The molecule has 0 saturated heterocycles. The lowest BCUT2D eigenvalue weighted by Gasteiger charge is -2.16. The molecule has 1 aromatic carbocycles. The molecule has 0 spiro atoms. The Morgan fingerprint density at radius 3 is 2.85 bits per heavy atom. The maximum Gasteiger partial charge on any atom is 0.0410 e. The smallest absolute Gasteiger partial charge is 0.0410 e. The predicted octanol–water partition coefficient (Wildman–Crippen LogP) is 3.32. The molecule has 2 rings (SSSR count). The van der Waals surface area contributed by atoms with Crippen LogP contribution in [-0.2, 0) is 6.42 Å². The normalized spacial score (nSPS) is 12.3. The number of pyridine rings is 1. The Bertz CT molecular complexity index is 562. The van der Waals surface area contributed by atoms with Gasteiger partial charge in [0.1, 0.15) is 0 Å². The van der Waals surface area contributed by atoms with E-state index >= 15 is 0 Å². The van der Waals surface area contributed by atoms with E-state index in [0.29, 0.717) is 0 Å². The summed E-state index contributed by atoms with van der Waals surface area (Å²) in [4.78, 5) is 5.49. The molecule has 0 amide bonds. The lowest BCUT2D eigenvalue weighted by atomic mass is 10.1. The van der Waals surface area contributed by atoms with Crippen molar-refractivity contribution in [3.05, 3.63) is 58.3 Å². The summed E-state index contributed by atoms with van der Waals surface area (Å²) in [6.07, 6.45) is 4.53. The zero-order valence-corrected chi connectivity index (χ0v) is 13.7. The number of aryl methyl sites for hydroxylation is 1. The monoisotopic (exact) mass is 351 g/mol. The molecular formula is C15H18BrN3S. The van der Waals surface area contributed by atoms with Crippen molar-refractivity contribution < 1.29 is 0 Å². The van der Waals surface area contributed by atoms with Crippen molar-refractivity contribution in [2.24, 2.45) is 5.84 Å². The van der Waals surface area contributed by atoms with Crippen molar-refractivity contribution in [2.75, 3.05) is 5.75 Å². The maximum absolute atomic E-state index is 5.67. The van der Waals surface area contributed by atoms with E-state index in [9.17, 15) is 0 Å². The summed E-state index contributed by atoms with van der Waals surface area (Å²) in [5.74, 6) is 6.59. The van der Waals surface area contributed by atoms with Gasteiger partial charge in [0.15, 0.2) is 0 Å². The fourth-order valence-electron chi connectivity index (χ4n) is 1.93. The number of rotatable bonds is 6.